The van der Waals surface area contributed by atoms with E-state index in [1.165, 1.54) is 4.90 Å². The molecule has 0 N–H and O–H groups in total. The zero-order valence-electron chi connectivity index (χ0n) is 9.52. The van der Waals surface area contributed by atoms with Crippen molar-refractivity contribution in [1.29, 1.82) is 0 Å². The van der Waals surface area contributed by atoms with Crippen LogP contribution >= 0.6 is 11.6 Å². The third kappa shape index (κ3) is 10.5. The number of hydrogen-bond donors (Lipinski definition) is 0. The van der Waals surface area contributed by atoms with Crippen molar-refractivity contribution in [3.63, 3.8) is 0 Å². The van der Waals surface area contributed by atoms with E-state index in [1.54, 1.807) is 0 Å². The molecule has 2 nitrogen and oxygen atoms in total. The average molecular weight is 262 g/mol. The van der Waals surface area contributed by atoms with Gasteiger partial charge in [0.1, 0.15) is 0 Å². The summed E-state index contributed by atoms with van der Waals surface area (Å²) in [5, 5.41) is 0. The Morgan fingerprint density at radius 2 is 1.88 bits per heavy atom. The number of nitrogens with zero attached hydrogens (tertiary/aromatic N) is 1. The van der Waals surface area contributed by atoms with Crippen LogP contribution in [0.1, 0.15) is 19.8 Å². The van der Waals surface area contributed by atoms with Gasteiger partial charge >= 0.3 is 6.18 Å². The fraction of sp³-hybridized carbons (Fsp3) is 1.00. The molecule has 0 unspecified atom stereocenters. The van der Waals surface area contributed by atoms with E-state index in [0.717, 1.165) is 12.8 Å². The first kappa shape index (κ1) is 16.0. The molecular weight excluding hydrogens is 243 g/mol. The number of hydrogen-bond acceptors (Lipinski definition) is 2. The second-order valence-electron chi connectivity index (χ2n) is 3.55. The molecule has 6 heteroatoms. The van der Waals surface area contributed by atoms with Crippen molar-refractivity contribution in [2.24, 2.45) is 0 Å². The monoisotopic (exact) mass is 261 g/mol. The molecule has 0 spiro atoms. The standard InChI is InChI=1S/C10H19ClF3NO/c1-2-3-7-16-8-6-15(5-4-11)9-10(12,13)14/h2-9H2,1H3. The van der Waals surface area contributed by atoms with E-state index in [4.69, 9.17) is 16.3 Å². The molecule has 0 heterocycles. The van der Waals surface area contributed by atoms with E-state index < -0.39 is 12.7 Å². The lowest BCUT2D eigenvalue weighted by Crippen LogP contribution is -2.37. The largest absolute Gasteiger partial charge is 0.401 e. The minimum absolute atomic E-state index is 0.199. The Labute approximate surface area is 99.7 Å². The van der Waals surface area contributed by atoms with Crippen LogP contribution in [0.15, 0.2) is 0 Å². The van der Waals surface area contributed by atoms with E-state index >= 15 is 0 Å². The third-order valence-electron chi connectivity index (χ3n) is 2.00. The molecule has 0 aromatic heterocycles. The maximum Gasteiger partial charge on any atom is 0.401 e. The van der Waals surface area contributed by atoms with Gasteiger partial charge in [-0.15, -0.1) is 11.6 Å². The molecule has 0 aromatic rings. The Kier molecular flexibility index (Phi) is 9.07. The maximum atomic E-state index is 12.1. The molecule has 0 fully saturated rings. The lowest BCUT2D eigenvalue weighted by molar-refractivity contribution is -0.146. The van der Waals surface area contributed by atoms with Crippen LogP contribution in [0.5, 0.6) is 0 Å². The van der Waals surface area contributed by atoms with Gasteiger partial charge in [-0.05, 0) is 6.42 Å². The molecule has 16 heavy (non-hydrogen) atoms. The molecule has 0 amide bonds. The number of alkyl halides is 4. The number of rotatable bonds is 9. The highest BCUT2D eigenvalue weighted by Crippen LogP contribution is 2.16. The van der Waals surface area contributed by atoms with Gasteiger partial charge in [0.05, 0.1) is 13.2 Å². The minimum Gasteiger partial charge on any atom is -0.380 e. The fourth-order valence-corrected chi connectivity index (χ4v) is 1.42. The predicted octanol–water partition coefficient (Wildman–Crippen LogP) is 2.91. The first-order valence-electron chi connectivity index (χ1n) is 5.42. The van der Waals surface area contributed by atoms with E-state index in [-0.39, 0.29) is 19.0 Å². The van der Waals surface area contributed by atoms with Crippen LogP contribution in [0, 0.1) is 0 Å². The number of unbranched alkanes of at least 4 members (excludes halogenated alkanes) is 1. The minimum atomic E-state index is -4.17. The fourth-order valence-electron chi connectivity index (χ4n) is 1.19. The quantitative estimate of drug-likeness (QED) is 0.467. The van der Waals surface area contributed by atoms with Crippen molar-refractivity contribution in [2.75, 3.05) is 38.7 Å². The van der Waals surface area contributed by atoms with Crippen LogP contribution < -0.4 is 0 Å². The Bertz CT molecular complexity index is 167. The van der Waals surface area contributed by atoms with Crippen molar-refractivity contribution in [1.82, 2.24) is 4.90 Å². The van der Waals surface area contributed by atoms with E-state index in [2.05, 4.69) is 0 Å². The van der Waals surface area contributed by atoms with Gasteiger partial charge in [0.25, 0.3) is 0 Å². The first-order valence-corrected chi connectivity index (χ1v) is 5.96. The van der Waals surface area contributed by atoms with E-state index in [1.807, 2.05) is 6.92 Å². The molecular formula is C10H19ClF3NO. The molecule has 0 bridgehead atoms. The van der Waals surface area contributed by atoms with Crippen molar-refractivity contribution >= 4 is 11.6 Å². The topological polar surface area (TPSA) is 12.5 Å². The molecule has 0 aliphatic carbocycles. The van der Waals surface area contributed by atoms with Crippen molar-refractivity contribution < 1.29 is 17.9 Å². The average Bonchev–Trinajstić information content (AvgIpc) is 2.15. The molecule has 0 radical (unpaired) electrons. The zero-order chi connectivity index (χ0) is 12.4. The van der Waals surface area contributed by atoms with Gasteiger partial charge in [-0.25, -0.2) is 0 Å². The van der Waals surface area contributed by atoms with Crippen molar-refractivity contribution in [3.05, 3.63) is 0 Å². The Hall–Kier alpha value is -0.0000000000000000555. The molecule has 0 aromatic carbocycles. The zero-order valence-corrected chi connectivity index (χ0v) is 10.3. The first-order chi connectivity index (χ1) is 7.49. The SMILES string of the molecule is CCCCOCCN(CCCl)CC(F)(F)F. The summed E-state index contributed by atoms with van der Waals surface area (Å²) in [6.07, 6.45) is -2.21. The molecule has 0 saturated heterocycles. The van der Waals surface area contributed by atoms with Gasteiger partial charge in [-0.3, -0.25) is 4.90 Å². The molecule has 0 rings (SSSR count). The van der Waals surface area contributed by atoms with Crippen molar-refractivity contribution in [3.8, 4) is 0 Å². The molecule has 98 valence electrons. The van der Waals surface area contributed by atoms with Gasteiger partial charge in [-0.1, -0.05) is 13.3 Å². The predicted molar refractivity (Wildman–Crippen MR) is 58.9 cm³/mol. The summed E-state index contributed by atoms with van der Waals surface area (Å²) in [4.78, 5) is 1.26. The van der Waals surface area contributed by atoms with Gasteiger partial charge in [0, 0.05) is 25.6 Å². The molecule has 0 atom stereocenters. The number of ether oxygens (including phenoxy) is 1. The number of halogens is 4. The highest BCUT2D eigenvalue weighted by molar-refractivity contribution is 6.18. The van der Waals surface area contributed by atoms with Crippen LogP contribution in [0.25, 0.3) is 0 Å². The van der Waals surface area contributed by atoms with Gasteiger partial charge in [0.15, 0.2) is 0 Å². The van der Waals surface area contributed by atoms with Gasteiger partial charge in [-0.2, -0.15) is 13.2 Å². The van der Waals surface area contributed by atoms with Crippen LogP contribution in [-0.4, -0.2) is 49.8 Å². The Morgan fingerprint density at radius 3 is 2.38 bits per heavy atom. The second kappa shape index (κ2) is 9.07. The summed E-state index contributed by atoms with van der Waals surface area (Å²) in [7, 11) is 0. The molecule has 0 saturated carbocycles. The smallest absolute Gasteiger partial charge is 0.380 e. The summed E-state index contributed by atoms with van der Waals surface area (Å²) in [5.41, 5.74) is 0. The van der Waals surface area contributed by atoms with Crippen LogP contribution in [-0.2, 0) is 4.74 Å². The molecule has 0 aliphatic heterocycles. The normalized spacial score (nSPS) is 12.4. The van der Waals surface area contributed by atoms with Crippen LogP contribution in [0.4, 0.5) is 13.2 Å². The lowest BCUT2D eigenvalue weighted by Gasteiger charge is -2.22. The Morgan fingerprint density at radius 1 is 1.19 bits per heavy atom. The van der Waals surface area contributed by atoms with E-state index in [0.29, 0.717) is 13.2 Å². The lowest BCUT2D eigenvalue weighted by atomic mass is 10.4. The van der Waals surface area contributed by atoms with Crippen LogP contribution in [0.3, 0.4) is 0 Å². The summed E-state index contributed by atoms with van der Waals surface area (Å²) in [6.45, 7) is 2.56. The second-order valence-corrected chi connectivity index (χ2v) is 3.92. The third-order valence-corrected chi connectivity index (χ3v) is 2.17. The summed E-state index contributed by atoms with van der Waals surface area (Å²) >= 11 is 5.44. The summed E-state index contributed by atoms with van der Waals surface area (Å²) < 4.78 is 41.6. The highest BCUT2D eigenvalue weighted by atomic mass is 35.5. The van der Waals surface area contributed by atoms with Crippen molar-refractivity contribution in [2.45, 2.75) is 25.9 Å². The maximum absolute atomic E-state index is 12.1. The van der Waals surface area contributed by atoms with Gasteiger partial charge < -0.3 is 4.74 Å². The Balaban J connectivity index is 3.68. The van der Waals surface area contributed by atoms with Crippen LogP contribution in [0.2, 0.25) is 0 Å². The highest BCUT2D eigenvalue weighted by Gasteiger charge is 2.30. The summed E-state index contributed by atoms with van der Waals surface area (Å²) in [6, 6.07) is 0. The van der Waals surface area contributed by atoms with Gasteiger partial charge in [0.2, 0.25) is 0 Å². The summed E-state index contributed by atoms with van der Waals surface area (Å²) in [5.74, 6) is 0.199. The van der Waals surface area contributed by atoms with E-state index in [9.17, 15) is 13.2 Å². The molecule has 0 aliphatic rings.